The third kappa shape index (κ3) is 18.4. The molecule has 0 aliphatic carbocycles. The number of nitrogens with zero attached hydrogens (tertiary/aromatic N) is 3. The average molecular weight is 474 g/mol. The fourth-order valence-electron chi connectivity index (χ4n) is 4.80. The lowest BCUT2D eigenvalue weighted by atomic mass is 10.0. The molecule has 0 fully saturated rings. The fourth-order valence-corrected chi connectivity index (χ4v) is 4.80. The van der Waals surface area contributed by atoms with E-state index in [9.17, 15) is 0 Å². The van der Waals surface area contributed by atoms with Crippen molar-refractivity contribution >= 4 is 0 Å². The minimum Gasteiger partial charge on any atom is -0.218 e. The second-order valence-electron chi connectivity index (χ2n) is 10.5. The molecule has 0 unspecified atom stereocenters. The van der Waals surface area contributed by atoms with Gasteiger partial charge in [-0.3, -0.25) is 0 Å². The van der Waals surface area contributed by atoms with Gasteiger partial charge in [-0.1, -0.05) is 149 Å². The van der Waals surface area contributed by atoms with Crippen molar-refractivity contribution in [1.29, 1.82) is 0 Å². The zero-order valence-corrected chi connectivity index (χ0v) is 23.5. The van der Waals surface area contributed by atoms with Gasteiger partial charge < -0.3 is 0 Å². The van der Waals surface area contributed by atoms with E-state index < -0.39 is 0 Å². The maximum atomic E-state index is 4.82. The van der Waals surface area contributed by atoms with Crippen LogP contribution in [-0.2, 0) is 19.3 Å². The summed E-state index contributed by atoms with van der Waals surface area (Å²) < 4.78 is 0. The highest BCUT2D eigenvalue weighted by molar-refractivity contribution is 4.98. The zero-order valence-electron chi connectivity index (χ0n) is 23.5. The molecule has 0 saturated heterocycles. The number of hydrogen-bond donors (Lipinski definition) is 0. The molecule has 1 aromatic rings. The molecule has 198 valence electrons. The van der Waals surface area contributed by atoms with Crippen LogP contribution in [0.15, 0.2) is 0 Å². The number of aromatic nitrogens is 3. The summed E-state index contributed by atoms with van der Waals surface area (Å²) in [6.07, 6.45) is 33.4. The van der Waals surface area contributed by atoms with E-state index in [1.54, 1.807) is 0 Å². The van der Waals surface area contributed by atoms with Crippen molar-refractivity contribution in [1.82, 2.24) is 15.0 Å². The molecule has 1 heterocycles. The number of unbranched alkanes of at least 4 members (excludes halogenated alkanes) is 20. The van der Waals surface area contributed by atoms with Crippen LogP contribution in [0.4, 0.5) is 0 Å². The van der Waals surface area contributed by atoms with Crippen LogP contribution in [-0.4, -0.2) is 15.0 Å². The van der Waals surface area contributed by atoms with Gasteiger partial charge in [-0.05, 0) is 12.8 Å². The molecular formula is C31H59N3. The summed E-state index contributed by atoms with van der Waals surface area (Å²) in [4.78, 5) is 14.3. The highest BCUT2D eigenvalue weighted by atomic mass is 15.0. The Kier molecular flexibility index (Phi) is 21.7. The SMILES string of the molecule is CCCCCCCCCCCCCc1nc(CC)nc(CCCCCCCCCCCCC)n1. The molecule has 3 heteroatoms. The van der Waals surface area contributed by atoms with Crippen LogP contribution in [0.25, 0.3) is 0 Å². The standard InChI is InChI=1S/C31H59N3/c1-4-7-9-11-13-15-17-19-21-23-25-27-30-32-29(6-3)33-31(34-30)28-26-24-22-20-18-16-14-12-10-8-5-2/h4-28H2,1-3H3. The lowest BCUT2D eigenvalue weighted by molar-refractivity contribution is 0.543. The van der Waals surface area contributed by atoms with Crippen LogP contribution in [0.5, 0.6) is 0 Å². The van der Waals surface area contributed by atoms with Crippen molar-refractivity contribution in [3.8, 4) is 0 Å². The second-order valence-corrected chi connectivity index (χ2v) is 10.5. The fraction of sp³-hybridized carbons (Fsp3) is 0.903. The van der Waals surface area contributed by atoms with Crippen LogP contribution in [0.2, 0.25) is 0 Å². The van der Waals surface area contributed by atoms with Crippen LogP contribution in [0.3, 0.4) is 0 Å². The lowest BCUT2D eigenvalue weighted by Crippen LogP contribution is -2.07. The normalized spacial score (nSPS) is 11.4. The van der Waals surface area contributed by atoms with E-state index in [1.807, 2.05) is 0 Å². The van der Waals surface area contributed by atoms with Gasteiger partial charge in [-0.15, -0.1) is 0 Å². The van der Waals surface area contributed by atoms with Crippen molar-refractivity contribution in [2.24, 2.45) is 0 Å². The smallest absolute Gasteiger partial charge is 0.132 e. The van der Waals surface area contributed by atoms with Gasteiger partial charge in [0.15, 0.2) is 0 Å². The van der Waals surface area contributed by atoms with Crippen molar-refractivity contribution in [2.45, 2.75) is 181 Å². The third-order valence-electron chi connectivity index (χ3n) is 7.10. The van der Waals surface area contributed by atoms with E-state index in [0.717, 1.165) is 36.7 Å². The Bertz CT molecular complexity index is 513. The number of hydrogen-bond acceptors (Lipinski definition) is 3. The summed E-state index contributed by atoms with van der Waals surface area (Å²) in [6, 6.07) is 0. The van der Waals surface area contributed by atoms with Crippen LogP contribution < -0.4 is 0 Å². The van der Waals surface area contributed by atoms with Gasteiger partial charge >= 0.3 is 0 Å². The number of aryl methyl sites for hydroxylation is 3. The molecule has 0 aromatic carbocycles. The lowest BCUT2D eigenvalue weighted by Gasteiger charge is -2.07. The van der Waals surface area contributed by atoms with Crippen LogP contribution in [0, 0.1) is 0 Å². The van der Waals surface area contributed by atoms with Crippen molar-refractivity contribution in [3.05, 3.63) is 17.5 Å². The first-order valence-electron chi connectivity index (χ1n) is 15.5. The van der Waals surface area contributed by atoms with E-state index >= 15 is 0 Å². The van der Waals surface area contributed by atoms with Gasteiger partial charge in [-0.25, -0.2) is 15.0 Å². The largest absolute Gasteiger partial charge is 0.218 e. The monoisotopic (exact) mass is 473 g/mol. The summed E-state index contributed by atoms with van der Waals surface area (Å²) in [7, 11) is 0. The first kappa shape index (κ1) is 31.0. The van der Waals surface area contributed by atoms with Gasteiger partial charge in [0.1, 0.15) is 17.5 Å². The molecule has 3 nitrogen and oxygen atoms in total. The van der Waals surface area contributed by atoms with E-state index in [4.69, 9.17) is 15.0 Å². The quantitative estimate of drug-likeness (QED) is 0.133. The summed E-state index contributed by atoms with van der Waals surface area (Å²) in [5.41, 5.74) is 0. The van der Waals surface area contributed by atoms with Crippen molar-refractivity contribution in [2.75, 3.05) is 0 Å². The molecule has 0 N–H and O–H groups in total. The van der Waals surface area contributed by atoms with Gasteiger partial charge in [0.2, 0.25) is 0 Å². The minimum atomic E-state index is 0.916. The average Bonchev–Trinajstić information content (AvgIpc) is 2.85. The van der Waals surface area contributed by atoms with Gasteiger partial charge in [-0.2, -0.15) is 0 Å². The zero-order chi connectivity index (χ0) is 24.5. The molecule has 1 aromatic heterocycles. The van der Waals surface area contributed by atoms with E-state index in [2.05, 4.69) is 20.8 Å². The molecule has 34 heavy (non-hydrogen) atoms. The Morgan fingerprint density at radius 2 is 0.588 bits per heavy atom. The molecule has 0 bridgehead atoms. The highest BCUT2D eigenvalue weighted by Crippen LogP contribution is 2.14. The summed E-state index contributed by atoms with van der Waals surface area (Å²) in [6.45, 7) is 6.74. The minimum absolute atomic E-state index is 0.916. The predicted octanol–water partition coefficient (Wildman–Crippen LogP) is 10.1. The Labute approximate surface area is 213 Å². The Morgan fingerprint density at radius 1 is 0.324 bits per heavy atom. The second kappa shape index (κ2) is 23.7. The third-order valence-corrected chi connectivity index (χ3v) is 7.10. The first-order chi connectivity index (χ1) is 16.8. The summed E-state index contributed by atoms with van der Waals surface area (Å²) >= 11 is 0. The van der Waals surface area contributed by atoms with Crippen LogP contribution >= 0.6 is 0 Å². The molecule has 0 spiro atoms. The first-order valence-corrected chi connectivity index (χ1v) is 15.5. The Balaban J connectivity index is 2.10. The molecule has 0 amide bonds. The highest BCUT2D eigenvalue weighted by Gasteiger charge is 2.06. The van der Waals surface area contributed by atoms with E-state index in [0.29, 0.717) is 0 Å². The Hall–Kier alpha value is -0.990. The molecule has 0 radical (unpaired) electrons. The summed E-state index contributed by atoms with van der Waals surface area (Å²) in [5, 5.41) is 0. The maximum Gasteiger partial charge on any atom is 0.132 e. The van der Waals surface area contributed by atoms with Crippen LogP contribution in [0.1, 0.15) is 180 Å². The topological polar surface area (TPSA) is 38.7 Å². The van der Waals surface area contributed by atoms with E-state index in [1.165, 1.54) is 141 Å². The van der Waals surface area contributed by atoms with Crippen molar-refractivity contribution < 1.29 is 0 Å². The van der Waals surface area contributed by atoms with E-state index in [-0.39, 0.29) is 0 Å². The Morgan fingerprint density at radius 3 is 0.882 bits per heavy atom. The van der Waals surface area contributed by atoms with Gasteiger partial charge in [0.25, 0.3) is 0 Å². The van der Waals surface area contributed by atoms with Gasteiger partial charge in [0.05, 0.1) is 0 Å². The van der Waals surface area contributed by atoms with Crippen molar-refractivity contribution in [3.63, 3.8) is 0 Å². The predicted molar refractivity (Wildman–Crippen MR) is 150 cm³/mol. The molecule has 0 saturated carbocycles. The molecule has 0 aliphatic rings. The number of rotatable bonds is 25. The molecule has 1 rings (SSSR count). The molecule has 0 aliphatic heterocycles. The van der Waals surface area contributed by atoms with Gasteiger partial charge in [0, 0.05) is 19.3 Å². The molecular weight excluding hydrogens is 414 g/mol. The summed E-state index contributed by atoms with van der Waals surface area (Å²) in [5.74, 6) is 3.08. The maximum absolute atomic E-state index is 4.82. The molecule has 0 atom stereocenters.